The number of amides is 3. The van der Waals surface area contributed by atoms with Gasteiger partial charge in [-0.05, 0) is 84.9 Å². The molecule has 0 aliphatic carbocycles. The molecule has 0 unspecified atom stereocenters. The minimum absolute atomic E-state index is 0.241. The van der Waals surface area contributed by atoms with E-state index in [2.05, 4.69) is 36.4 Å². The molecule has 0 fully saturated rings. The number of rotatable bonds is 11. The third kappa shape index (κ3) is 8.17. The van der Waals surface area contributed by atoms with E-state index in [1.54, 1.807) is 49.5 Å². The molecular weight excluding hydrogens is 499 g/mol. The summed E-state index contributed by atoms with van der Waals surface area (Å²) >= 11 is 0. The number of hydrogen-bond donors (Lipinski definition) is 3. The van der Waals surface area contributed by atoms with Gasteiger partial charge in [-0.3, -0.25) is 4.79 Å². The molecule has 4 rings (SSSR count). The van der Waals surface area contributed by atoms with Crippen LogP contribution in [-0.4, -0.2) is 57.2 Å². The summed E-state index contributed by atoms with van der Waals surface area (Å²) in [7, 11) is 3.71. The van der Waals surface area contributed by atoms with Crippen LogP contribution >= 0.6 is 0 Å². The number of nitrogens with zero attached hydrogens (tertiary/aromatic N) is 5. The molecule has 10 nitrogen and oxygen atoms in total. The molecule has 0 radical (unpaired) electrons. The van der Waals surface area contributed by atoms with Gasteiger partial charge < -0.3 is 20.9 Å². The van der Waals surface area contributed by atoms with Crippen molar-refractivity contribution in [3.8, 4) is 11.4 Å². The standard InChI is InChI=1S/C28H31FN8O2/c1-36(19-20-10-12-23(29)13-11-20)15-7-6-14-30-28(39)32-25-17-21(26-33-34-35-37(26)2)16-22(18-25)27(38)31-24-8-4-3-5-9-24/h3-5,8-13,16-18H,6-7,14-15,19H2,1-2H3,(H,31,38)(H2,30,32,39). The van der Waals surface area contributed by atoms with Gasteiger partial charge in [0, 0.05) is 42.6 Å². The molecule has 0 spiro atoms. The van der Waals surface area contributed by atoms with Gasteiger partial charge in [-0.2, -0.15) is 0 Å². The maximum atomic E-state index is 13.1. The van der Waals surface area contributed by atoms with E-state index in [1.165, 1.54) is 16.8 Å². The lowest BCUT2D eigenvalue weighted by molar-refractivity contribution is 0.102. The highest BCUT2D eigenvalue weighted by Crippen LogP contribution is 2.23. The second-order valence-corrected chi connectivity index (χ2v) is 9.20. The van der Waals surface area contributed by atoms with Crippen molar-refractivity contribution in [2.24, 2.45) is 7.05 Å². The van der Waals surface area contributed by atoms with E-state index in [0.717, 1.165) is 31.5 Å². The number of urea groups is 1. The van der Waals surface area contributed by atoms with Crippen LogP contribution in [0.4, 0.5) is 20.6 Å². The maximum Gasteiger partial charge on any atom is 0.319 e. The summed E-state index contributed by atoms with van der Waals surface area (Å²) in [6.45, 7) is 2.06. The molecule has 0 bridgehead atoms. The first-order valence-electron chi connectivity index (χ1n) is 12.6. The third-order valence-electron chi connectivity index (χ3n) is 5.98. The van der Waals surface area contributed by atoms with E-state index in [-0.39, 0.29) is 17.8 Å². The predicted molar refractivity (Wildman–Crippen MR) is 148 cm³/mol. The number of carbonyl (C=O) groups excluding carboxylic acids is 2. The molecule has 3 amide bonds. The summed E-state index contributed by atoms with van der Waals surface area (Å²) in [6.07, 6.45) is 1.67. The number of benzene rings is 3. The molecule has 3 N–H and O–H groups in total. The molecule has 11 heteroatoms. The topological polar surface area (TPSA) is 117 Å². The molecular formula is C28H31FN8O2. The highest BCUT2D eigenvalue weighted by molar-refractivity contribution is 6.06. The predicted octanol–water partition coefficient (Wildman–Crippen LogP) is 4.30. The number of anilines is 2. The molecule has 0 saturated carbocycles. The van der Waals surface area contributed by atoms with Gasteiger partial charge in [-0.15, -0.1) is 5.10 Å². The first-order chi connectivity index (χ1) is 18.9. The molecule has 39 heavy (non-hydrogen) atoms. The summed E-state index contributed by atoms with van der Waals surface area (Å²) < 4.78 is 14.6. The fourth-order valence-electron chi connectivity index (χ4n) is 4.02. The Labute approximate surface area is 226 Å². The SMILES string of the molecule is CN(CCCCNC(=O)Nc1cc(C(=O)Nc2ccccc2)cc(-c2nnnn2C)c1)Cc1ccc(F)cc1. The summed E-state index contributed by atoms with van der Waals surface area (Å²) in [6, 6.07) is 20.2. The highest BCUT2D eigenvalue weighted by atomic mass is 19.1. The highest BCUT2D eigenvalue weighted by Gasteiger charge is 2.15. The van der Waals surface area contributed by atoms with Gasteiger partial charge in [0.15, 0.2) is 5.82 Å². The largest absolute Gasteiger partial charge is 0.338 e. The maximum absolute atomic E-state index is 13.1. The molecule has 1 heterocycles. The summed E-state index contributed by atoms with van der Waals surface area (Å²) in [4.78, 5) is 27.7. The first-order valence-corrected chi connectivity index (χ1v) is 12.6. The smallest absolute Gasteiger partial charge is 0.319 e. The lowest BCUT2D eigenvalue weighted by Gasteiger charge is -2.16. The number of aryl methyl sites for hydroxylation is 1. The second kappa shape index (κ2) is 13.2. The molecule has 0 aliphatic heterocycles. The Morgan fingerprint density at radius 2 is 1.72 bits per heavy atom. The third-order valence-corrected chi connectivity index (χ3v) is 5.98. The van der Waals surface area contributed by atoms with Gasteiger partial charge in [0.2, 0.25) is 0 Å². The number of carbonyl (C=O) groups is 2. The number of halogens is 1. The molecule has 1 aromatic heterocycles. The zero-order chi connectivity index (χ0) is 27.6. The van der Waals surface area contributed by atoms with Crippen molar-refractivity contribution in [1.82, 2.24) is 30.4 Å². The molecule has 0 saturated heterocycles. The lowest BCUT2D eigenvalue weighted by atomic mass is 10.1. The van der Waals surface area contributed by atoms with Crippen LogP contribution in [0.25, 0.3) is 11.4 Å². The first kappa shape index (κ1) is 27.4. The van der Waals surface area contributed by atoms with Crippen molar-refractivity contribution in [3.63, 3.8) is 0 Å². The van der Waals surface area contributed by atoms with Gasteiger partial charge in [-0.25, -0.2) is 13.9 Å². The number of nitrogens with one attached hydrogen (secondary N) is 3. The average molecular weight is 531 g/mol. The van der Waals surface area contributed by atoms with Crippen LogP contribution < -0.4 is 16.0 Å². The molecule has 0 aliphatic rings. The van der Waals surface area contributed by atoms with Crippen LogP contribution in [0.5, 0.6) is 0 Å². The van der Waals surface area contributed by atoms with E-state index in [4.69, 9.17) is 0 Å². The number of tetrazole rings is 1. The van der Waals surface area contributed by atoms with Gasteiger partial charge in [0.05, 0.1) is 0 Å². The fraction of sp³-hybridized carbons (Fsp3) is 0.250. The number of para-hydroxylation sites is 1. The molecule has 0 atom stereocenters. The van der Waals surface area contributed by atoms with Gasteiger partial charge in [0.1, 0.15) is 5.82 Å². The van der Waals surface area contributed by atoms with Gasteiger partial charge in [0.25, 0.3) is 5.91 Å². The Bertz CT molecular complexity index is 1390. The van der Waals surface area contributed by atoms with Crippen LogP contribution in [0.3, 0.4) is 0 Å². The van der Waals surface area contributed by atoms with Crippen LogP contribution in [-0.2, 0) is 13.6 Å². The summed E-state index contributed by atoms with van der Waals surface area (Å²) in [5, 5.41) is 20.1. The summed E-state index contributed by atoms with van der Waals surface area (Å²) in [5.41, 5.74) is 3.07. The van der Waals surface area contributed by atoms with Crippen LogP contribution in [0, 0.1) is 5.82 Å². The van der Waals surface area contributed by atoms with E-state index < -0.39 is 0 Å². The summed E-state index contributed by atoms with van der Waals surface area (Å²) in [5.74, 6) is -0.112. The second-order valence-electron chi connectivity index (χ2n) is 9.20. The Hall–Kier alpha value is -4.64. The average Bonchev–Trinajstić information content (AvgIpc) is 3.36. The van der Waals surface area contributed by atoms with Crippen molar-refractivity contribution in [2.75, 3.05) is 30.8 Å². The van der Waals surface area contributed by atoms with Crippen molar-refractivity contribution in [3.05, 3.63) is 89.7 Å². The van der Waals surface area contributed by atoms with Crippen LogP contribution in [0.1, 0.15) is 28.8 Å². The Balaban J connectivity index is 1.31. The van der Waals surface area contributed by atoms with Gasteiger partial charge >= 0.3 is 6.03 Å². The van der Waals surface area contributed by atoms with E-state index in [1.807, 2.05) is 25.2 Å². The number of aromatic nitrogens is 4. The van der Waals surface area contributed by atoms with Crippen LogP contribution in [0.2, 0.25) is 0 Å². The monoisotopic (exact) mass is 530 g/mol. The quantitative estimate of drug-likeness (QED) is 0.249. The number of unbranched alkanes of at least 4 members (excludes halogenated alkanes) is 1. The van der Waals surface area contributed by atoms with Gasteiger partial charge in [-0.1, -0.05) is 30.3 Å². The van der Waals surface area contributed by atoms with Crippen molar-refractivity contribution < 1.29 is 14.0 Å². The Morgan fingerprint density at radius 3 is 2.44 bits per heavy atom. The van der Waals surface area contributed by atoms with E-state index in [9.17, 15) is 14.0 Å². The van der Waals surface area contributed by atoms with E-state index >= 15 is 0 Å². The molecule has 4 aromatic rings. The Kier molecular flexibility index (Phi) is 9.30. The van der Waals surface area contributed by atoms with Crippen LogP contribution in [0.15, 0.2) is 72.8 Å². The zero-order valence-electron chi connectivity index (χ0n) is 21.9. The minimum atomic E-state index is -0.377. The van der Waals surface area contributed by atoms with Crippen molar-refractivity contribution >= 4 is 23.3 Å². The molecule has 202 valence electrons. The zero-order valence-corrected chi connectivity index (χ0v) is 21.9. The van der Waals surface area contributed by atoms with Crippen molar-refractivity contribution in [1.29, 1.82) is 0 Å². The molecule has 3 aromatic carbocycles. The fourth-order valence-corrected chi connectivity index (χ4v) is 4.02. The van der Waals surface area contributed by atoms with E-state index in [0.29, 0.717) is 34.9 Å². The lowest BCUT2D eigenvalue weighted by Crippen LogP contribution is -2.30. The normalized spacial score (nSPS) is 10.9. The number of hydrogen-bond acceptors (Lipinski definition) is 6. The Morgan fingerprint density at radius 1 is 0.949 bits per heavy atom. The minimum Gasteiger partial charge on any atom is -0.338 e. The van der Waals surface area contributed by atoms with Crippen molar-refractivity contribution in [2.45, 2.75) is 19.4 Å².